The van der Waals surface area contributed by atoms with Crippen molar-refractivity contribution in [2.75, 3.05) is 33.4 Å². The third-order valence-electron chi connectivity index (χ3n) is 7.28. The molecule has 0 bridgehead atoms. The maximum absolute atomic E-state index is 11.9. The zero-order chi connectivity index (χ0) is 30.1. The van der Waals surface area contributed by atoms with Crippen LogP contribution in [-0.4, -0.2) is 59.3 Å². The monoisotopic (exact) mass is 612 g/mol. The van der Waals surface area contributed by atoms with Crippen LogP contribution in [0.25, 0.3) is 11.8 Å². The van der Waals surface area contributed by atoms with Gasteiger partial charge in [0.15, 0.2) is 11.4 Å². The van der Waals surface area contributed by atoms with Crippen molar-refractivity contribution < 1.29 is 33.7 Å². The van der Waals surface area contributed by atoms with E-state index in [1.165, 1.54) is 11.6 Å². The Balaban J connectivity index is 0.000000248. The van der Waals surface area contributed by atoms with Crippen LogP contribution in [-0.2, 0) is 9.57 Å². The minimum Gasteiger partial charge on any atom is -0.495 e. The van der Waals surface area contributed by atoms with E-state index in [1.807, 2.05) is 24.0 Å². The lowest BCUT2D eigenvalue weighted by Crippen LogP contribution is -2.56. The van der Waals surface area contributed by atoms with Gasteiger partial charge in [-0.15, -0.1) is 0 Å². The quantitative estimate of drug-likeness (QED) is 0.280. The number of halogens is 5. The van der Waals surface area contributed by atoms with Crippen molar-refractivity contribution in [1.29, 1.82) is 0 Å². The Morgan fingerprint density at radius 3 is 2.45 bits per heavy atom. The summed E-state index contributed by atoms with van der Waals surface area (Å²) < 4.78 is 73.1. The van der Waals surface area contributed by atoms with Gasteiger partial charge in [0.25, 0.3) is 0 Å². The Morgan fingerprint density at radius 1 is 1.05 bits per heavy atom. The summed E-state index contributed by atoms with van der Waals surface area (Å²) >= 11 is 0. The number of hydrogen-bond acceptors (Lipinski definition) is 6. The van der Waals surface area contributed by atoms with E-state index in [0.717, 1.165) is 86.0 Å². The van der Waals surface area contributed by atoms with Crippen LogP contribution < -0.4 is 4.74 Å². The number of aryl methyl sites for hydroxylation is 1. The molecule has 2 aromatic carbocycles. The molecule has 228 valence electrons. The third kappa shape index (κ3) is 6.89. The van der Waals surface area contributed by atoms with Gasteiger partial charge in [-0.25, -0.2) is 4.98 Å². The molecule has 0 amide bonds. The van der Waals surface area contributed by atoms with Gasteiger partial charge in [0.1, 0.15) is 10.6 Å². The number of benzene rings is 2. The number of imidazole rings is 1. The zero-order valence-corrected chi connectivity index (χ0v) is 24.1. The fourth-order valence-electron chi connectivity index (χ4n) is 5.26. The summed E-state index contributed by atoms with van der Waals surface area (Å²) in [5.41, 5.74) is 3.97. The van der Waals surface area contributed by atoms with Gasteiger partial charge in [-0.3, -0.25) is 0 Å². The van der Waals surface area contributed by atoms with Crippen LogP contribution in [0.5, 0.6) is 5.75 Å². The second-order valence-electron chi connectivity index (χ2n) is 10.7. The Bertz CT molecular complexity index is 1490. The number of methoxy groups -OCH3 is 1. The van der Waals surface area contributed by atoms with Crippen LogP contribution in [0.4, 0.5) is 19.4 Å². The molecule has 42 heavy (non-hydrogen) atoms. The molecule has 1 atom stereocenters. The van der Waals surface area contributed by atoms with Crippen LogP contribution in [0, 0.1) is 6.92 Å². The van der Waals surface area contributed by atoms with E-state index in [9.17, 15) is 19.4 Å². The molecule has 3 aromatic rings. The third-order valence-corrected chi connectivity index (χ3v) is 8.44. The molecular formula is C29H33F5N4O3S. The summed E-state index contributed by atoms with van der Waals surface area (Å²) in [5, 5.41) is 4.57. The topological polar surface area (TPSA) is 61.1 Å². The lowest BCUT2D eigenvalue weighted by atomic mass is 9.92. The SMILES string of the molecule is COc1cc(/C=C2\CCCN3CC4(CCCOC4)ON=C23)ccc1-n1cnc(C)c1.FS(F)(F)(F)(F)c1ccccc1. The fraction of sp³-hybridized carbons (Fsp3) is 0.379. The van der Waals surface area contributed by atoms with E-state index in [-0.39, 0.29) is 5.60 Å². The van der Waals surface area contributed by atoms with Crippen molar-refractivity contribution in [3.63, 3.8) is 0 Å². The molecule has 3 aliphatic rings. The van der Waals surface area contributed by atoms with Crippen molar-refractivity contribution in [1.82, 2.24) is 14.5 Å². The van der Waals surface area contributed by atoms with Crippen molar-refractivity contribution in [2.45, 2.75) is 43.1 Å². The molecule has 0 N–H and O–H groups in total. The minimum atomic E-state index is -9.43. The number of hydrogen-bond donors (Lipinski definition) is 0. The Labute approximate surface area is 241 Å². The summed E-state index contributed by atoms with van der Waals surface area (Å²) in [6.45, 7) is 5.30. The maximum Gasteiger partial charge on any atom is 0.310 e. The number of rotatable bonds is 4. The largest absolute Gasteiger partial charge is 0.495 e. The van der Waals surface area contributed by atoms with Crippen LogP contribution in [0.3, 0.4) is 0 Å². The first-order valence-electron chi connectivity index (χ1n) is 13.5. The highest BCUT2D eigenvalue weighted by Crippen LogP contribution is 3.02. The lowest BCUT2D eigenvalue weighted by Gasteiger charge is -2.44. The highest BCUT2D eigenvalue weighted by atomic mass is 32.5. The standard InChI is InChI=1S/C23H28N4O3.C6H5F5S/c1-17-13-27(16-24-17)20-7-6-18(12-21(20)28-2)11-19-5-3-9-26-14-23(30-25-22(19)26)8-4-10-29-15-23;7-12(8,9,10,11)6-4-2-1-3-5-6/h6-7,11-13,16H,3-5,8-10,14-15H2,1-2H3;1-5H/b19-11+;. The summed E-state index contributed by atoms with van der Waals surface area (Å²) in [7, 11) is -7.73. The van der Waals surface area contributed by atoms with E-state index in [2.05, 4.69) is 39.3 Å². The van der Waals surface area contributed by atoms with Crippen LogP contribution in [0.2, 0.25) is 0 Å². The molecule has 0 saturated carbocycles. The molecule has 1 spiro atoms. The summed E-state index contributed by atoms with van der Waals surface area (Å²) in [5.74, 6) is 1.78. The number of piperidine rings is 1. The predicted octanol–water partition coefficient (Wildman–Crippen LogP) is 7.91. The molecule has 6 rings (SSSR count). The Kier molecular flexibility index (Phi) is 7.55. The van der Waals surface area contributed by atoms with E-state index in [1.54, 1.807) is 7.11 Å². The molecule has 1 unspecified atom stereocenters. The molecule has 3 aliphatic heterocycles. The molecule has 2 saturated heterocycles. The second kappa shape index (κ2) is 10.6. The summed E-state index contributed by atoms with van der Waals surface area (Å²) in [4.78, 5) is 10.8. The van der Waals surface area contributed by atoms with E-state index >= 15 is 0 Å². The fourth-order valence-corrected chi connectivity index (χ4v) is 5.93. The molecule has 1 aromatic heterocycles. The molecule has 13 heteroatoms. The number of nitrogens with zero attached hydrogens (tertiary/aromatic N) is 4. The Morgan fingerprint density at radius 2 is 1.83 bits per heavy atom. The van der Waals surface area contributed by atoms with Crippen LogP contribution in [0.15, 0.2) is 76.7 Å². The lowest BCUT2D eigenvalue weighted by molar-refractivity contribution is -0.146. The second-order valence-corrected chi connectivity index (χ2v) is 13.1. The maximum atomic E-state index is 11.9. The molecule has 2 fully saturated rings. The highest BCUT2D eigenvalue weighted by molar-refractivity contribution is 8.45. The van der Waals surface area contributed by atoms with Gasteiger partial charge in [0.05, 0.1) is 38.0 Å². The van der Waals surface area contributed by atoms with Crippen molar-refractivity contribution in [3.8, 4) is 11.4 Å². The van der Waals surface area contributed by atoms with Gasteiger partial charge >= 0.3 is 10.2 Å². The molecule has 0 radical (unpaired) electrons. The first-order valence-corrected chi connectivity index (χ1v) is 15.5. The average Bonchev–Trinajstić information content (AvgIpc) is 3.39. The summed E-state index contributed by atoms with van der Waals surface area (Å²) in [6.07, 6.45) is 10.2. The number of oxime groups is 1. The first kappa shape index (κ1) is 29.9. The van der Waals surface area contributed by atoms with E-state index < -0.39 is 15.1 Å². The molecule has 4 heterocycles. The average molecular weight is 613 g/mol. The van der Waals surface area contributed by atoms with E-state index in [0.29, 0.717) is 18.7 Å². The molecule has 0 aliphatic carbocycles. The van der Waals surface area contributed by atoms with Crippen LogP contribution >= 0.6 is 10.2 Å². The Hall–Kier alpha value is -3.58. The molecule has 7 nitrogen and oxygen atoms in total. The van der Waals surface area contributed by atoms with Crippen molar-refractivity contribution in [3.05, 3.63) is 77.9 Å². The van der Waals surface area contributed by atoms with Gasteiger partial charge in [-0.2, -0.15) is 0 Å². The van der Waals surface area contributed by atoms with E-state index in [4.69, 9.17) is 14.3 Å². The van der Waals surface area contributed by atoms with Crippen molar-refractivity contribution >= 4 is 22.1 Å². The van der Waals surface area contributed by atoms with Gasteiger partial charge < -0.3 is 23.8 Å². The van der Waals surface area contributed by atoms with Gasteiger partial charge in [-0.05, 0) is 74.1 Å². The van der Waals surface area contributed by atoms with Crippen LogP contribution in [0.1, 0.15) is 36.9 Å². The predicted molar refractivity (Wildman–Crippen MR) is 153 cm³/mol. The van der Waals surface area contributed by atoms with Gasteiger partial charge in [0.2, 0.25) is 0 Å². The minimum absolute atomic E-state index is 0.280. The number of aromatic nitrogens is 2. The summed E-state index contributed by atoms with van der Waals surface area (Å²) in [6, 6.07) is 10.1. The van der Waals surface area contributed by atoms with Gasteiger partial charge in [-0.1, -0.05) is 48.8 Å². The number of amidine groups is 1. The normalized spacial score (nSPS) is 23.1. The molecular weight excluding hydrogens is 579 g/mol. The smallest absolute Gasteiger partial charge is 0.310 e. The van der Waals surface area contributed by atoms with Gasteiger partial charge in [0, 0.05) is 19.3 Å². The number of fused-ring (bicyclic) bond motifs is 1. The highest BCUT2D eigenvalue weighted by Gasteiger charge is 2.65. The number of ether oxygens (including phenoxy) is 2. The first-order chi connectivity index (χ1) is 19.7. The van der Waals surface area contributed by atoms with Crippen molar-refractivity contribution in [2.24, 2.45) is 5.16 Å². The zero-order valence-electron chi connectivity index (χ0n) is 23.3.